The Morgan fingerprint density at radius 3 is 2.64 bits per heavy atom. The van der Waals surface area contributed by atoms with Crippen LogP contribution in [-0.4, -0.2) is 40.2 Å². The van der Waals surface area contributed by atoms with E-state index in [4.69, 9.17) is 10.5 Å². The van der Waals surface area contributed by atoms with Gasteiger partial charge in [-0.3, -0.25) is 0 Å². The number of hydrogen-bond donors (Lipinski definition) is 1. The Morgan fingerprint density at radius 2 is 2.21 bits per heavy atom. The lowest BCUT2D eigenvalue weighted by Gasteiger charge is -2.14. The van der Waals surface area contributed by atoms with Crippen LogP contribution in [0.4, 0.5) is 0 Å². The van der Waals surface area contributed by atoms with Gasteiger partial charge in [-0.25, -0.2) is 8.42 Å². The predicted octanol–water partition coefficient (Wildman–Crippen LogP) is 0.0325. The lowest BCUT2D eigenvalue weighted by molar-refractivity contribution is 0.0982. The molecule has 1 aliphatic carbocycles. The van der Waals surface area contributed by atoms with Gasteiger partial charge in [0.2, 0.25) is 0 Å². The lowest BCUT2D eigenvalue weighted by Crippen LogP contribution is -2.25. The predicted molar refractivity (Wildman–Crippen MR) is 55.8 cm³/mol. The maximum atomic E-state index is 11.1. The lowest BCUT2D eigenvalue weighted by atomic mass is 10.1. The van der Waals surface area contributed by atoms with Gasteiger partial charge in [-0.05, 0) is 19.3 Å². The van der Waals surface area contributed by atoms with Crippen molar-refractivity contribution < 1.29 is 13.2 Å². The molecule has 0 aromatic heterocycles. The van der Waals surface area contributed by atoms with Gasteiger partial charge in [0, 0.05) is 24.8 Å². The molecular weight excluding hydrogens is 202 g/mol. The molecule has 0 amide bonds. The summed E-state index contributed by atoms with van der Waals surface area (Å²) in [4.78, 5) is 0. The number of rotatable bonds is 6. The van der Waals surface area contributed by atoms with E-state index in [2.05, 4.69) is 0 Å². The Bertz CT molecular complexity index is 288. The van der Waals surface area contributed by atoms with Crippen LogP contribution in [0.3, 0.4) is 0 Å². The van der Waals surface area contributed by atoms with Crippen molar-refractivity contribution in [3.05, 3.63) is 0 Å². The topological polar surface area (TPSA) is 69.4 Å². The Balaban J connectivity index is 2.46. The summed E-state index contributed by atoms with van der Waals surface area (Å²) in [6.45, 7) is 3.71. The van der Waals surface area contributed by atoms with Crippen molar-refractivity contribution in [2.75, 3.05) is 31.8 Å². The van der Waals surface area contributed by atoms with Crippen molar-refractivity contribution >= 4 is 9.84 Å². The van der Waals surface area contributed by atoms with Gasteiger partial charge in [-0.1, -0.05) is 0 Å². The third-order valence-corrected chi connectivity index (χ3v) is 3.87. The molecule has 14 heavy (non-hydrogen) atoms. The first-order valence-corrected chi connectivity index (χ1v) is 6.95. The highest BCUT2D eigenvalue weighted by atomic mass is 32.2. The van der Waals surface area contributed by atoms with E-state index in [0.717, 1.165) is 6.42 Å². The van der Waals surface area contributed by atoms with Crippen LogP contribution in [0.5, 0.6) is 0 Å². The molecule has 2 N–H and O–H groups in total. The number of ether oxygens (including phenoxy) is 1. The summed E-state index contributed by atoms with van der Waals surface area (Å²) in [5.41, 5.74) is 5.59. The first-order valence-electron chi connectivity index (χ1n) is 4.89. The molecule has 4 nitrogen and oxygen atoms in total. The van der Waals surface area contributed by atoms with Crippen LogP contribution in [0.15, 0.2) is 0 Å². The van der Waals surface area contributed by atoms with E-state index >= 15 is 0 Å². The van der Waals surface area contributed by atoms with Crippen LogP contribution in [0.25, 0.3) is 0 Å². The summed E-state index contributed by atoms with van der Waals surface area (Å²) in [5, 5.41) is 0. The quantitative estimate of drug-likeness (QED) is 0.687. The molecule has 0 aliphatic heterocycles. The first kappa shape index (κ1) is 11.9. The van der Waals surface area contributed by atoms with Crippen LogP contribution in [0.2, 0.25) is 0 Å². The smallest absolute Gasteiger partial charge is 0.147 e. The molecule has 5 heteroatoms. The van der Waals surface area contributed by atoms with E-state index in [1.165, 1.54) is 6.26 Å². The second kappa shape index (κ2) is 4.16. The average Bonchev–Trinajstić information content (AvgIpc) is 2.73. The fourth-order valence-corrected chi connectivity index (χ4v) is 3.03. The molecule has 0 spiro atoms. The molecule has 1 saturated carbocycles. The van der Waals surface area contributed by atoms with Crippen molar-refractivity contribution in [3.8, 4) is 0 Å². The number of sulfone groups is 1. The summed E-state index contributed by atoms with van der Waals surface area (Å²) < 4.78 is 27.5. The summed E-state index contributed by atoms with van der Waals surface area (Å²) in [7, 11) is -2.88. The van der Waals surface area contributed by atoms with Crippen molar-refractivity contribution in [2.45, 2.75) is 13.3 Å². The van der Waals surface area contributed by atoms with E-state index in [-0.39, 0.29) is 17.1 Å². The van der Waals surface area contributed by atoms with Crippen molar-refractivity contribution in [1.29, 1.82) is 0 Å². The Hall–Kier alpha value is -0.130. The summed E-state index contributed by atoms with van der Waals surface area (Å²) in [6.07, 6.45) is 2.16. The maximum Gasteiger partial charge on any atom is 0.147 e. The van der Waals surface area contributed by atoms with Crippen LogP contribution in [0.1, 0.15) is 13.3 Å². The fraction of sp³-hybridized carbons (Fsp3) is 1.00. The molecule has 0 aromatic carbocycles. The van der Waals surface area contributed by atoms with E-state index in [1.54, 1.807) is 0 Å². The van der Waals surface area contributed by atoms with Crippen LogP contribution >= 0.6 is 0 Å². The number of hydrogen-bond acceptors (Lipinski definition) is 4. The normalized spacial score (nSPS) is 31.8. The largest absolute Gasteiger partial charge is 0.381 e. The highest BCUT2D eigenvalue weighted by molar-refractivity contribution is 7.90. The van der Waals surface area contributed by atoms with Crippen molar-refractivity contribution in [1.82, 2.24) is 0 Å². The summed E-state index contributed by atoms with van der Waals surface area (Å²) in [6, 6.07) is 0. The van der Waals surface area contributed by atoms with E-state index in [1.807, 2.05) is 6.92 Å². The highest BCUT2D eigenvalue weighted by Gasteiger charge is 2.54. The van der Waals surface area contributed by atoms with Gasteiger partial charge in [0.1, 0.15) is 9.84 Å². The van der Waals surface area contributed by atoms with Gasteiger partial charge in [0.05, 0.1) is 12.4 Å². The maximum absolute atomic E-state index is 11.1. The summed E-state index contributed by atoms with van der Waals surface area (Å²) in [5.74, 6) is 0.450. The van der Waals surface area contributed by atoms with Gasteiger partial charge < -0.3 is 10.5 Å². The minimum Gasteiger partial charge on any atom is -0.381 e. The van der Waals surface area contributed by atoms with Gasteiger partial charge >= 0.3 is 0 Å². The Labute approximate surface area is 85.7 Å². The zero-order chi connectivity index (χ0) is 10.8. The van der Waals surface area contributed by atoms with Crippen molar-refractivity contribution in [2.24, 2.45) is 17.1 Å². The Kier molecular flexibility index (Phi) is 3.55. The monoisotopic (exact) mass is 221 g/mol. The fourth-order valence-electron chi connectivity index (χ4n) is 1.82. The molecule has 0 heterocycles. The Morgan fingerprint density at radius 1 is 1.57 bits per heavy atom. The SMILES string of the molecule is CCOC[C@@]1(CN)C[C@H]1CS(C)(=O)=O. The zero-order valence-electron chi connectivity index (χ0n) is 8.82. The van der Waals surface area contributed by atoms with Gasteiger partial charge in [-0.2, -0.15) is 0 Å². The molecule has 1 aliphatic rings. The van der Waals surface area contributed by atoms with E-state index in [0.29, 0.717) is 19.8 Å². The minimum atomic E-state index is -2.88. The molecule has 0 radical (unpaired) electrons. The van der Waals surface area contributed by atoms with Crippen molar-refractivity contribution in [3.63, 3.8) is 0 Å². The molecule has 0 saturated heterocycles. The number of nitrogens with two attached hydrogens (primary N) is 1. The standard InChI is InChI=1S/C9H19NO3S/c1-3-13-7-9(6-10)4-8(9)5-14(2,11)12/h8H,3-7,10H2,1-2H3/t8-,9-/m0/s1. The van der Waals surface area contributed by atoms with E-state index in [9.17, 15) is 8.42 Å². The molecule has 0 aromatic rings. The molecule has 0 bridgehead atoms. The van der Waals surface area contributed by atoms with Gasteiger partial charge in [0.25, 0.3) is 0 Å². The minimum absolute atomic E-state index is 0.0565. The second-order valence-electron chi connectivity index (χ2n) is 4.20. The van der Waals surface area contributed by atoms with Crippen LogP contribution in [-0.2, 0) is 14.6 Å². The third kappa shape index (κ3) is 2.93. The molecule has 0 unspecified atom stereocenters. The zero-order valence-corrected chi connectivity index (χ0v) is 9.64. The molecule has 1 rings (SSSR count). The van der Waals surface area contributed by atoms with Gasteiger partial charge in [0.15, 0.2) is 0 Å². The van der Waals surface area contributed by atoms with Crippen LogP contribution in [0, 0.1) is 11.3 Å². The molecule has 2 atom stereocenters. The second-order valence-corrected chi connectivity index (χ2v) is 6.38. The molecule has 84 valence electrons. The van der Waals surface area contributed by atoms with Crippen LogP contribution < -0.4 is 5.73 Å². The van der Waals surface area contributed by atoms with E-state index < -0.39 is 9.84 Å². The highest BCUT2D eigenvalue weighted by Crippen LogP contribution is 2.52. The third-order valence-electron chi connectivity index (χ3n) is 2.86. The molecular formula is C9H19NO3S. The average molecular weight is 221 g/mol. The summed E-state index contributed by atoms with van der Waals surface area (Å²) >= 11 is 0. The van der Waals surface area contributed by atoms with Gasteiger partial charge in [-0.15, -0.1) is 0 Å². The molecule has 1 fully saturated rings. The first-order chi connectivity index (χ1) is 6.43.